The lowest BCUT2D eigenvalue weighted by atomic mass is 10.1. The van der Waals surface area contributed by atoms with Gasteiger partial charge in [-0.2, -0.15) is 5.10 Å². The van der Waals surface area contributed by atoms with E-state index in [9.17, 15) is 9.18 Å². The number of aryl methyl sites for hydroxylation is 1. The monoisotopic (exact) mass is 210 g/mol. The first kappa shape index (κ1) is 9.08. The van der Waals surface area contributed by atoms with Gasteiger partial charge in [0.2, 0.25) is 0 Å². The molecule has 0 radical (unpaired) electrons. The molecule has 0 aliphatic rings. The second-order valence-electron chi connectivity index (χ2n) is 2.94. The number of aromatic amines is 1. The van der Waals surface area contributed by atoms with E-state index >= 15 is 0 Å². The molecule has 1 heterocycles. The third kappa shape index (κ3) is 1.72. The van der Waals surface area contributed by atoms with E-state index in [1.807, 2.05) is 0 Å². The molecule has 2 aromatic rings. The third-order valence-corrected chi connectivity index (χ3v) is 2.52. The highest BCUT2D eigenvalue weighted by Gasteiger charge is 2.05. The van der Waals surface area contributed by atoms with E-state index in [-0.39, 0.29) is 10.7 Å². The number of nitrogens with zero attached hydrogens (tertiary/aromatic N) is 1. The summed E-state index contributed by atoms with van der Waals surface area (Å²) in [6.07, 6.45) is 0. The van der Waals surface area contributed by atoms with Crippen LogP contribution < -0.4 is 4.87 Å². The molecule has 0 saturated heterocycles. The van der Waals surface area contributed by atoms with Gasteiger partial charge in [0.1, 0.15) is 10.8 Å². The highest BCUT2D eigenvalue weighted by Crippen LogP contribution is 2.20. The molecule has 14 heavy (non-hydrogen) atoms. The minimum absolute atomic E-state index is 0.234. The Hall–Kier alpha value is -1.49. The number of rotatable bonds is 1. The first-order valence-corrected chi connectivity index (χ1v) is 4.80. The molecule has 3 nitrogen and oxygen atoms in total. The van der Waals surface area contributed by atoms with Crippen molar-refractivity contribution < 1.29 is 4.39 Å². The highest BCUT2D eigenvalue weighted by atomic mass is 32.1. The van der Waals surface area contributed by atoms with E-state index in [1.54, 1.807) is 13.0 Å². The summed E-state index contributed by atoms with van der Waals surface area (Å²) < 4.78 is 13.0. The number of H-pyrrole nitrogens is 1. The van der Waals surface area contributed by atoms with E-state index in [0.29, 0.717) is 10.6 Å². The number of nitrogens with one attached hydrogen (secondary N) is 1. The minimum Gasteiger partial charge on any atom is -0.255 e. The Morgan fingerprint density at radius 2 is 2.21 bits per heavy atom. The topological polar surface area (TPSA) is 45.8 Å². The number of hydrogen-bond acceptors (Lipinski definition) is 3. The predicted molar refractivity (Wildman–Crippen MR) is 52.9 cm³/mol. The lowest BCUT2D eigenvalue weighted by Crippen LogP contribution is -1.90. The molecular weight excluding hydrogens is 203 g/mol. The Morgan fingerprint density at radius 1 is 1.43 bits per heavy atom. The van der Waals surface area contributed by atoms with Crippen molar-refractivity contribution in [3.8, 4) is 10.6 Å². The predicted octanol–water partition coefficient (Wildman–Crippen LogP) is 1.95. The summed E-state index contributed by atoms with van der Waals surface area (Å²) in [5, 5.41) is 6.59. The van der Waals surface area contributed by atoms with Gasteiger partial charge >= 0.3 is 4.87 Å². The summed E-state index contributed by atoms with van der Waals surface area (Å²) in [7, 11) is 0. The van der Waals surface area contributed by atoms with Gasteiger partial charge in [-0.05, 0) is 30.7 Å². The lowest BCUT2D eigenvalue weighted by molar-refractivity contribution is 0.627. The Balaban J connectivity index is 2.56. The third-order valence-electron chi connectivity index (χ3n) is 1.73. The van der Waals surface area contributed by atoms with E-state index in [4.69, 9.17) is 0 Å². The van der Waals surface area contributed by atoms with Crippen LogP contribution >= 0.6 is 11.3 Å². The molecule has 0 bridgehead atoms. The average Bonchev–Trinajstić information content (AvgIpc) is 2.50. The molecule has 0 fully saturated rings. The van der Waals surface area contributed by atoms with E-state index < -0.39 is 0 Å². The molecule has 1 aromatic heterocycles. The summed E-state index contributed by atoms with van der Waals surface area (Å²) >= 11 is 0.969. The second-order valence-corrected chi connectivity index (χ2v) is 3.90. The smallest absolute Gasteiger partial charge is 0.255 e. The molecule has 0 aliphatic heterocycles. The van der Waals surface area contributed by atoms with Crippen LogP contribution in [0.25, 0.3) is 10.6 Å². The zero-order valence-corrected chi connectivity index (χ0v) is 8.19. The standard InChI is InChI=1S/C9H7FN2OS/c1-5-2-6(4-7(10)3-5)8-11-12-9(13)14-8/h2-4H,1H3,(H,12,13). The lowest BCUT2D eigenvalue weighted by Gasteiger charge is -1.97. The van der Waals surface area contributed by atoms with Gasteiger partial charge in [-0.3, -0.25) is 4.79 Å². The molecule has 0 unspecified atom stereocenters. The van der Waals surface area contributed by atoms with Gasteiger partial charge in [-0.25, -0.2) is 9.49 Å². The molecule has 0 aliphatic carbocycles. The van der Waals surface area contributed by atoms with Gasteiger partial charge in [0.05, 0.1) is 0 Å². The fraction of sp³-hybridized carbons (Fsp3) is 0.111. The highest BCUT2D eigenvalue weighted by molar-refractivity contribution is 7.12. The fourth-order valence-corrected chi connectivity index (χ4v) is 1.81. The Morgan fingerprint density at radius 3 is 2.79 bits per heavy atom. The van der Waals surface area contributed by atoms with Crippen LogP contribution in [0.4, 0.5) is 4.39 Å². The van der Waals surface area contributed by atoms with Gasteiger partial charge in [0.25, 0.3) is 0 Å². The Kier molecular flexibility index (Phi) is 2.17. The number of benzene rings is 1. The van der Waals surface area contributed by atoms with Crippen molar-refractivity contribution in [1.29, 1.82) is 0 Å². The normalized spacial score (nSPS) is 10.4. The van der Waals surface area contributed by atoms with Gasteiger partial charge in [0, 0.05) is 5.56 Å². The molecule has 5 heteroatoms. The van der Waals surface area contributed by atoms with Gasteiger partial charge in [-0.1, -0.05) is 11.3 Å². The maximum absolute atomic E-state index is 13.0. The summed E-state index contributed by atoms with van der Waals surface area (Å²) in [5.41, 5.74) is 1.44. The zero-order chi connectivity index (χ0) is 10.1. The first-order chi connectivity index (χ1) is 6.65. The maximum atomic E-state index is 13.0. The number of hydrogen-bond donors (Lipinski definition) is 1. The molecule has 2 rings (SSSR count). The quantitative estimate of drug-likeness (QED) is 0.781. The average molecular weight is 210 g/mol. The van der Waals surface area contributed by atoms with E-state index in [1.165, 1.54) is 12.1 Å². The largest absolute Gasteiger partial charge is 0.322 e. The Labute approximate surface area is 83.2 Å². The van der Waals surface area contributed by atoms with E-state index in [0.717, 1.165) is 16.9 Å². The zero-order valence-electron chi connectivity index (χ0n) is 7.37. The molecule has 0 saturated carbocycles. The molecule has 0 amide bonds. The van der Waals surface area contributed by atoms with Gasteiger partial charge in [-0.15, -0.1) is 0 Å². The summed E-state index contributed by atoms with van der Waals surface area (Å²) in [5.74, 6) is -0.317. The van der Waals surface area contributed by atoms with E-state index in [2.05, 4.69) is 10.2 Å². The molecular formula is C9H7FN2OS. The first-order valence-electron chi connectivity index (χ1n) is 3.98. The molecule has 72 valence electrons. The number of aromatic nitrogens is 2. The minimum atomic E-state index is -0.317. The van der Waals surface area contributed by atoms with Crippen LogP contribution in [0.1, 0.15) is 5.56 Å². The van der Waals surface area contributed by atoms with Crippen LogP contribution in [0.15, 0.2) is 23.0 Å². The molecule has 0 spiro atoms. The van der Waals surface area contributed by atoms with Crippen molar-refractivity contribution in [1.82, 2.24) is 10.2 Å². The maximum Gasteiger partial charge on any atom is 0.322 e. The summed E-state index contributed by atoms with van der Waals surface area (Å²) in [4.78, 5) is 10.6. The van der Waals surface area contributed by atoms with Crippen LogP contribution in [-0.2, 0) is 0 Å². The van der Waals surface area contributed by atoms with Crippen molar-refractivity contribution in [2.75, 3.05) is 0 Å². The van der Waals surface area contributed by atoms with Crippen molar-refractivity contribution in [3.63, 3.8) is 0 Å². The van der Waals surface area contributed by atoms with Crippen molar-refractivity contribution in [2.45, 2.75) is 6.92 Å². The Bertz CT molecular complexity index is 497. The van der Waals surface area contributed by atoms with Crippen LogP contribution in [0.5, 0.6) is 0 Å². The molecule has 1 aromatic carbocycles. The molecule has 1 N–H and O–H groups in total. The van der Waals surface area contributed by atoms with Crippen LogP contribution in [0, 0.1) is 12.7 Å². The SMILES string of the molecule is Cc1cc(F)cc(-c2n[nH]c(=O)s2)c1. The second kappa shape index (κ2) is 3.34. The van der Waals surface area contributed by atoms with Crippen molar-refractivity contribution in [2.24, 2.45) is 0 Å². The van der Waals surface area contributed by atoms with Crippen molar-refractivity contribution in [3.05, 3.63) is 39.2 Å². The summed E-state index contributed by atoms with van der Waals surface area (Å²) in [6, 6.07) is 4.58. The summed E-state index contributed by atoms with van der Waals surface area (Å²) in [6.45, 7) is 1.79. The molecule has 0 atom stereocenters. The van der Waals surface area contributed by atoms with Gasteiger partial charge < -0.3 is 0 Å². The van der Waals surface area contributed by atoms with Crippen molar-refractivity contribution >= 4 is 11.3 Å². The fourth-order valence-electron chi connectivity index (χ4n) is 1.21. The number of halogens is 1. The van der Waals surface area contributed by atoms with Crippen LogP contribution in [-0.4, -0.2) is 10.2 Å². The van der Waals surface area contributed by atoms with Crippen LogP contribution in [0.2, 0.25) is 0 Å². The van der Waals surface area contributed by atoms with Gasteiger partial charge in [0.15, 0.2) is 0 Å². The van der Waals surface area contributed by atoms with Crippen LogP contribution in [0.3, 0.4) is 0 Å².